The van der Waals surface area contributed by atoms with Gasteiger partial charge in [-0.1, -0.05) is 12.1 Å². The minimum absolute atomic E-state index is 0.339. The Balaban J connectivity index is 1.67. The summed E-state index contributed by atoms with van der Waals surface area (Å²) in [6, 6.07) is 8.99. The second-order valence-corrected chi connectivity index (χ2v) is 7.74. The Morgan fingerprint density at radius 1 is 1.04 bits per heavy atom. The normalized spacial score (nSPS) is 16.5. The fraction of sp³-hybridized carbons (Fsp3) is 0.235. The number of fused-ring (bicyclic) bond motifs is 1. The van der Waals surface area contributed by atoms with Crippen LogP contribution in [0.25, 0.3) is 22.0 Å². The summed E-state index contributed by atoms with van der Waals surface area (Å²) in [5.74, 6) is 0. The van der Waals surface area contributed by atoms with Gasteiger partial charge in [-0.3, -0.25) is 4.98 Å². The Hall–Kier alpha value is -2.22. The van der Waals surface area contributed by atoms with E-state index >= 15 is 0 Å². The van der Waals surface area contributed by atoms with Crippen LogP contribution in [-0.2, 0) is 10.0 Å². The molecule has 6 nitrogen and oxygen atoms in total. The van der Waals surface area contributed by atoms with Crippen LogP contribution < -0.4 is 5.32 Å². The van der Waals surface area contributed by atoms with Crippen molar-refractivity contribution in [2.45, 2.75) is 4.90 Å². The van der Waals surface area contributed by atoms with Crippen LogP contribution in [0.5, 0.6) is 0 Å². The zero-order valence-corrected chi connectivity index (χ0v) is 13.9. The van der Waals surface area contributed by atoms with Crippen molar-refractivity contribution in [1.29, 1.82) is 0 Å². The highest BCUT2D eigenvalue weighted by atomic mass is 32.2. The fourth-order valence-electron chi connectivity index (χ4n) is 3.04. The molecule has 0 aliphatic carbocycles. The van der Waals surface area contributed by atoms with Crippen molar-refractivity contribution in [3.05, 3.63) is 48.9 Å². The van der Waals surface area contributed by atoms with E-state index in [0.717, 1.165) is 22.0 Å². The van der Waals surface area contributed by atoms with Gasteiger partial charge in [-0.2, -0.15) is 4.31 Å². The Morgan fingerprint density at radius 2 is 1.79 bits per heavy atom. The molecule has 0 unspecified atom stereocenters. The number of nitrogens with zero attached hydrogens (tertiary/aromatic N) is 2. The lowest BCUT2D eigenvalue weighted by atomic mass is 10.1. The number of benzene rings is 1. The number of rotatable bonds is 3. The Morgan fingerprint density at radius 3 is 2.54 bits per heavy atom. The van der Waals surface area contributed by atoms with Crippen molar-refractivity contribution in [1.82, 2.24) is 19.6 Å². The van der Waals surface area contributed by atoms with E-state index < -0.39 is 10.0 Å². The maximum atomic E-state index is 12.7. The number of H-pyrrole nitrogens is 1. The van der Waals surface area contributed by atoms with Crippen molar-refractivity contribution >= 4 is 20.9 Å². The first-order valence-corrected chi connectivity index (χ1v) is 9.33. The van der Waals surface area contributed by atoms with Gasteiger partial charge in [-0.15, -0.1) is 0 Å². The fourth-order valence-corrected chi connectivity index (χ4v) is 4.48. The maximum absolute atomic E-state index is 12.7. The molecule has 0 amide bonds. The molecule has 1 fully saturated rings. The standard InChI is InChI=1S/C17H18N4O2S/c22-24(23,21-9-7-18-8-10-21)14-3-1-13(2-4-14)15-12-20-17-5-6-19-11-16(15)17/h1-6,11-12,18,20H,7-10H2. The van der Waals surface area contributed by atoms with Gasteiger partial charge in [0.1, 0.15) is 0 Å². The molecule has 2 N–H and O–H groups in total. The number of aromatic nitrogens is 2. The van der Waals surface area contributed by atoms with Crippen LogP contribution in [-0.4, -0.2) is 48.9 Å². The number of aromatic amines is 1. The first kappa shape index (κ1) is 15.3. The van der Waals surface area contributed by atoms with Gasteiger partial charge in [0.15, 0.2) is 0 Å². The number of piperazine rings is 1. The van der Waals surface area contributed by atoms with Crippen molar-refractivity contribution in [2.75, 3.05) is 26.2 Å². The lowest BCUT2D eigenvalue weighted by molar-refractivity contribution is 0.360. The summed E-state index contributed by atoms with van der Waals surface area (Å²) >= 11 is 0. The molecule has 0 bridgehead atoms. The number of hydrogen-bond donors (Lipinski definition) is 2. The quantitative estimate of drug-likeness (QED) is 0.761. The SMILES string of the molecule is O=S(=O)(c1ccc(-c2c[nH]c3ccncc23)cc1)N1CCNCC1. The average Bonchev–Trinajstić information content (AvgIpc) is 3.07. The summed E-state index contributed by atoms with van der Waals surface area (Å²) in [5.41, 5.74) is 3.00. The molecular formula is C17H18N4O2S. The number of hydrogen-bond acceptors (Lipinski definition) is 4. The third kappa shape index (κ3) is 2.60. The van der Waals surface area contributed by atoms with Crippen LogP contribution in [0.15, 0.2) is 53.8 Å². The van der Waals surface area contributed by atoms with Gasteiger partial charge in [0.05, 0.1) is 4.90 Å². The van der Waals surface area contributed by atoms with E-state index in [0.29, 0.717) is 31.1 Å². The minimum atomic E-state index is -3.42. The van der Waals surface area contributed by atoms with E-state index in [9.17, 15) is 8.42 Å². The van der Waals surface area contributed by atoms with Crippen LogP contribution in [0.2, 0.25) is 0 Å². The van der Waals surface area contributed by atoms with E-state index in [4.69, 9.17) is 0 Å². The van der Waals surface area contributed by atoms with Crippen LogP contribution >= 0.6 is 0 Å². The van der Waals surface area contributed by atoms with Gasteiger partial charge in [0.2, 0.25) is 10.0 Å². The maximum Gasteiger partial charge on any atom is 0.243 e. The van der Waals surface area contributed by atoms with Gasteiger partial charge in [-0.25, -0.2) is 8.42 Å². The lowest BCUT2D eigenvalue weighted by Gasteiger charge is -2.26. The minimum Gasteiger partial charge on any atom is -0.360 e. The third-order valence-electron chi connectivity index (χ3n) is 4.36. The predicted octanol–water partition coefficient (Wildman–Crippen LogP) is 1.82. The summed E-state index contributed by atoms with van der Waals surface area (Å²) in [4.78, 5) is 7.71. The number of sulfonamides is 1. The third-order valence-corrected chi connectivity index (χ3v) is 6.28. The number of pyridine rings is 1. The van der Waals surface area contributed by atoms with Crippen molar-refractivity contribution in [3.63, 3.8) is 0 Å². The van der Waals surface area contributed by atoms with E-state index in [1.807, 2.05) is 30.6 Å². The van der Waals surface area contributed by atoms with Gasteiger partial charge in [0.25, 0.3) is 0 Å². The predicted molar refractivity (Wildman–Crippen MR) is 93.2 cm³/mol. The summed E-state index contributed by atoms with van der Waals surface area (Å²) in [6.07, 6.45) is 5.48. The highest BCUT2D eigenvalue weighted by Crippen LogP contribution is 2.29. The highest BCUT2D eigenvalue weighted by Gasteiger charge is 2.25. The molecule has 0 atom stereocenters. The van der Waals surface area contributed by atoms with Crippen LogP contribution in [0.3, 0.4) is 0 Å². The van der Waals surface area contributed by atoms with E-state index in [1.54, 1.807) is 18.3 Å². The second kappa shape index (κ2) is 6.01. The summed E-state index contributed by atoms with van der Waals surface area (Å²) in [6.45, 7) is 2.41. The van der Waals surface area contributed by atoms with Crippen LogP contribution in [0.4, 0.5) is 0 Å². The molecule has 1 aliphatic rings. The molecule has 0 radical (unpaired) electrons. The first-order chi connectivity index (χ1) is 11.7. The molecule has 4 rings (SSSR count). The first-order valence-electron chi connectivity index (χ1n) is 7.89. The average molecular weight is 342 g/mol. The molecule has 7 heteroatoms. The lowest BCUT2D eigenvalue weighted by Crippen LogP contribution is -2.46. The molecule has 0 spiro atoms. The summed E-state index contributed by atoms with van der Waals surface area (Å²) in [7, 11) is -3.42. The van der Waals surface area contributed by atoms with E-state index in [1.165, 1.54) is 4.31 Å². The molecule has 3 aromatic rings. The molecule has 1 aromatic carbocycles. The van der Waals surface area contributed by atoms with Crippen molar-refractivity contribution in [3.8, 4) is 11.1 Å². The largest absolute Gasteiger partial charge is 0.360 e. The molecule has 2 aromatic heterocycles. The topological polar surface area (TPSA) is 78.1 Å². The molecule has 24 heavy (non-hydrogen) atoms. The molecular weight excluding hydrogens is 324 g/mol. The smallest absolute Gasteiger partial charge is 0.243 e. The summed E-state index contributed by atoms with van der Waals surface area (Å²) < 4.78 is 26.9. The Kier molecular flexibility index (Phi) is 3.84. The number of nitrogens with one attached hydrogen (secondary N) is 2. The van der Waals surface area contributed by atoms with Crippen molar-refractivity contribution < 1.29 is 8.42 Å². The summed E-state index contributed by atoms with van der Waals surface area (Å²) in [5, 5.41) is 4.19. The molecule has 3 heterocycles. The van der Waals surface area contributed by atoms with E-state index in [2.05, 4.69) is 15.3 Å². The van der Waals surface area contributed by atoms with Crippen LogP contribution in [0.1, 0.15) is 0 Å². The van der Waals surface area contributed by atoms with Gasteiger partial charge in [0, 0.05) is 61.2 Å². The van der Waals surface area contributed by atoms with Gasteiger partial charge < -0.3 is 10.3 Å². The second-order valence-electron chi connectivity index (χ2n) is 5.80. The highest BCUT2D eigenvalue weighted by molar-refractivity contribution is 7.89. The molecule has 1 aliphatic heterocycles. The van der Waals surface area contributed by atoms with Gasteiger partial charge in [-0.05, 0) is 23.8 Å². The van der Waals surface area contributed by atoms with Crippen LogP contribution in [0, 0.1) is 0 Å². The van der Waals surface area contributed by atoms with Gasteiger partial charge >= 0.3 is 0 Å². The monoisotopic (exact) mass is 342 g/mol. The molecule has 124 valence electrons. The van der Waals surface area contributed by atoms with E-state index in [-0.39, 0.29) is 0 Å². The molecule has 0 saturated carbocycles. The zero-order chi connectivity index (χ0) is 16.6. The Bertz CT molecular complexity index is 958. The van der Waals surface area contributed by atoms with Crippen molar-refractivity contribution in [2.24, 2.45) is 0 Å². The zero-order valence-electron chi connectivity index (χ0n) is 13.1. The Labute approximate surface area is 140 Å². The molecule has 1 saturated heterocycles.